The molecule has 0 bridgehead atoms. The van der Waals surface area contributed by atoms with Crippen molar-refractivity contribution in [2.24, 2.45) is 0 Å². The SMILES string of the molecule is Cc1cc2c(cc1N1c3cc4c(cc3B3c5ccc(N(c6ccccc6)c6ccccc6)cc5N5c6cccc7c6C(C)(c6cc(C(C)(C)C)ccc6-7)c6c(C)cc1c3c65)C(C)(C)CC4(C)C)C(C)(C)CCC2(C)C. The monoisotopic (exact) mass is 978 g/mol. The number of hydrogen-bond acceptors (Lipinski definition) is 3. The number of benzene rings is 8. The molecule has 0 saturated heterocycles. The summed E-state index contributed by atoms with van der Waals surface area (Å²) < 4.78 is 0. The zero-order valence-corrected chi connectivity index (χ0v) is 46.9. The van der Waals surface area contributed by atoms with Crippen LogP contribution in [0.15, 0.2) is 146 Å². The molecule has 1 unspecified atom stereocenters. The summed E-state index contributed by atoms with van der Waals surface area (Å²) in [5, 5.41) is 0. The van der Waals surface area contributed by atoms with Gasteiger partial charge >= 0.3 is 0 Å². The van der Waals surface area contributed by atoms with Crippen molar-refractivity contribution >= 4 is 74.3 Å². The van der Waals surface area contributed by atoms with E-state index >= 15 is 0 Å². The molecule has 374 valence electrons. The van der Waals surface area contributed by atoms with Gasteiger partial charge in [-0.15, -0.1) is 0 Å². The van der Waals surface area contributed by atoms with E-state index in [1.165, 1.54) is 130 Å². The molecule has 6 aliphatic rings. The van der Waals surface area contributed by atoms with E-state index in [1.807, 2.05) is 0 Å². The quantitative estimate of drug-likeness (QED) is 0.163. The van der Waals surface area contributed by atoms with Crippen molar-refractivity contribution in [3.63, 3.8) is 0 Å². The van der Waals surface area contributed by atoms with Gasteiger partial charge in [0.1, 0.15) is 0 Å². The lowest BCUT2D eigenvalue weighted by Crippen LogP contribution is -2.63. The lowest BCUT2D eigenvalue weighted by molar-refractivity contribution is 0.332. The molecule has 0 saturated carbocycles. The molecule has 8 aromatic carbocycles. The first-order valence-electron chi connectivity index (χ1n) is 28.0. The summed E-state index contributed by atoms with van der Waals surface area (Å²) >= 11 is 0. The Morgan fingerprint density at radius 1 is 0.440 bits per heavy atom. The molecule has 0 amide bonds. The maximum absolute atomic E-state index is 2.77. The highest BCUT2D eigenvalue weighted by Crippen LogP contribution is 2.65. The van der Waals surface area contributed by atoms with Crippen LogP contribution in [-0.2, 0) is 32.5 Å². The van der Waals surface area contributed by atoms with E-state index in [-0.39, 0.29) is 33.8 Å². The minimum absolute atomic E-state index is 0.00396. The highest BCUT2D eigenvalue weighted by Gasteiger charge is 2.56. The zero-order chi connectivity index (χ0) is 52.3. The largest absolute Gasteiger partial charge is 0.311 e. The molecule has 8 aromatic rings. The van der Waals surface area contributed by atoms with E-state index in [2.05, 4.69) is 257 Å². The second kappa shape index (κ2) is 15.0. The van der Waals surface area contributed by atoms with E-state index in [0.29, 0.717) is 0 Å². The molecule has 0 radical (unpaired) electrons. The first kappa shape index (κ1) is 46.7. The Bertz CT molecular complexity index is 3750. The third kappa shape index (κ3) is 6.23. The van der Waals surface area contributed by atoms with Crippen LogP contribution in [0.4, 0.5) is 51.2 Å². The molecule has 0 fully saturated rings. The Morgan fingerprint density at radius 3 is 1.69 bits per heavy atom. The predicted molar refractivity (Wildman–Crippen MR) is 320 cm³/mol. The van der Waals surface area contributed by atoms with E-state index in [9.17, 15) is 0 Å². The number of rotatable bonds is 4. The van der Waals surface area contributed by atoms with Crippen molar-refractivity contribution < 1.29 is 0 Å². The van der Waals surface area contributed by atoms with Gasteiger partial charge in [-0.2, -0.15) is 0 Å². The summed E-state index contributed by atoms with van der Waals surface area (Å²) in [7, 11) is 0. The number of hydrogen-bond donors (Lipinski definition) is 0. The Morgan fingerprint density at radius 2 is 1.04 bits per heavy atom. The van der Waals surface area contributed by atoms with Crippen LogP contribution in [0.3, 0.4) is 0 Å². The van der Waals surface area contributed by atoms with Gasteiger partial charge < -0.3 is 14.7 Å². The van der Waals surface area contributed by atoms with Crippen molar-refractivity contribution in [3.05, 3.63) is 201 Å². The Balaban J connectivity index is 1.13. The van der Waals surface area contributed by atoms with Crippen LogP contribution in [0, 0.1) is 13.8 Å². The minimum atomic E-state index is -0.403. The van der Waals surface area contributed by atoms with Gasteiger partial charge in [0.05, 0.1) is 5.69 Å². The van der Waals surface area contributed by atoms with Crippen molar-refractivity contribution in [3.8, 4) is 11.1 Å². The van der Waals surface area contributed by atoms with Crippen molar-refractivity contribution in [2.75, 3.05) is 14.7 Å². The highest BCUT2D eigenvalue weighted by atomic mass is 15.2. The van der Waals surface area contributed by atoms with Crippen LogP contribution in [0.25, 0.3) is 11.1 Å². The Hall–Kier alpha value is -6.78. The molecule has 1 atom stereocenters. The molecule has 14 rings (SSSR count). The highest BCUT2D eigenvalue weighted by molar-refractivity contribution is 7.00. The molecule has 4 heteroatoms. The van der Waals surface area contributed by atoms with Crippen LogP contribution >= 0.6 is 0 Å². The molecule has 0 spiro atoms. The summed E-state index contributed by atoms with van der Waals surface area (Å²) in [5.41, 5.74) is 32.3. The molecule has 0 aromatic heterocycles. The molecule has 3 heterocycles. The maximum Gasteiger partial charge on any atom is 0.252 e. The number of anilines is 9. The predicted octanol–water partition coefficient (Wildman–Crippen LogP) is 17.1. The summed E-state index contributed by atoms with van der Waals surface area (Å²) in [4.78, 5) is 7.96. The van der Waals surface area contributed by atoms with Gasteiger partial charge in [-0.05, 0) is 211 Å². The lowest BCUT2D eigenvalue weighted by atomic mass is 9.32. The van der Waals surface area contributed by atoms with Gasteiger partial charge in [-0.3, -0.25) is 0 Å². The Kier molecular flexibility index (Phi) is 9.34. The van der Waals surface area contributed by atoms with Crippen LogP contribution in [-0.4, -0.2) is 6.71 Å². The van der Waals surface area contributed by atoms with Gasteiger partial charge in [0.2, 0.25) is 0 Å². The second-order valence-corrected chi connectivity index (χ2v) is 27.4. The fourth-order valence-corrected chi connectivity index (χ4v) is 16.0. The molecular weight excluding hydrogens is 906 g/mol. The number of para-hydroxylation sites is 2. The molecule has 0 N–H and O–H groups in total. The lowest BCUT2D eigenvalue weighted by Gasteiger charge is -2.51. The molecule has 3 aliphatic carbocycles. The van der Waals surface area contributed by atoms with Crippen LogP contribution in [0.1, 0.15) is 158 Å². The Labute approximate surface area is 447 Å². The van der Waals surface area contributed by atoms with E-state index < -0.39 is 5.41 Å². The fourth-order valence-electron chi connectivity index (χ4n) is 16.0. The van der Waals surface area contributed by atoms with Gasteiger partial charge in [0, 0.05) is 50.9 Å². The van der Waals surface area contributed by atoms with E-state index in [4.69, 9.17) is 0 Å². The smallest absolute Gasteiger partial charge is 0.252 e. The molecular formula is C71H72BN3. The van der Waals surface area contributed by atoms with Gasteiger partial charge in [-0.1, -0.05) is 161 Å². The standard InChI is InChI=1S/C71H72BN3/c1-42-34-51-53(68(8,9)33-32-67(51,6)7)39-58(42)74-60-40-54-52(69(10,11)41-70(54,12)13)38-56(60)72-55-31-29-47(73(45-22-17-15-18-23-45)46-24-19-16-20-25-46)37-59(55)75-57-27-21-26-49-48-30-28-44(66(3,4)5)36-50(48)71(14,63(49)57)62-43(2)35-61(74)64(72)65(62)75/h15-31,34-40H,32-33,41H2,1-14H3. The van der Waals surface area contributed by atoms with Gasteiger partial charge in [-0.25, -0.2) is 0 Å². The van der Waals surface area contributed by atoms with Gasteiger partial charge in [0.15, 0.2) is 0 Å². The first-order chi connectivity index (χ1) is 35.5. The maximum atomic E-state index is 2.77. The van der Waals surface area contributed by atoms with E-state index in [0.717, 1.165) is 23.5 Å². The second-order valence-electron chi connectivity index (χ2n) is 27.4. The van der Waals surface area contributed by atoms with Crippen LogP contribution in [0.5, 0.6) is 0 Å². The minimum Gasteiger partial charge on any atom is -0.311 e. The molecule has 75 heavy (non-hydrogen) atoms. The number of nitrogens with zero attached hydrogens (tertiary/aromatic N) is 3. The average molecular weight is 978 g/mol. The number of aryl methyl sites for hydroxylation is 2. The topological polar surface area (TPSA) is 9.72 Å². The normalized spacial score (nSPS) is 19.8. The summed E-state index contributed by atoms with van der Waals surface area (Å²) in [6.45, 7) is 34.4. The first-order valence-corrected chi connectivity index (χ1v) is 28.0. The third-order valence-electron chi connectivity index (χ3n) is 19.6. The van der Waals surface area contributed by atoms with Crippen LogP contribution in [0.2, 0.25) is 0 Å². The number of fused-ring (bicyclic) bond motifs is 12. The van der Waals surface area contributed by atoms with Crippen LogP contribution < -0.4 is 31.1 Å². The van der Waals surface area contributed by atoms with Crippen molar-refractivity contribution in [1.29, 1.82) is 0 Å². The zero-order valence-electron chi connectivity index (χ0n) is 46.9. The van der Waals surface area contributed by atoms with Crippen molar-refractivity contribution in [2.45, 2.75) is 149 Å². The fraction of sp³-hybridized carbons (Fsp3) is 0.324. The van der Waals surface area contributed by atoms with Gasteiger partial charge in [0.25, 0.3) is 6.71 Å². The van der Waals surface area contributed by atoms with E-state index in [1.54, 1.807) is 0 Å². The van der Waals surface area contributed by atoms with Crippen molar-refractivity contribution in [1.82, 2.24) is 0 Å². The molecule has 3 aliphatic heterocycles. The summed E-state index contributed by atoms with van der Waals surface area (Å²) in [6.07, 6.45) is 3.48. The average Bonchev–Trinajstić information content (AvgIpc) is 3.74. The molecule has 3 nitrogen and oxygen atoms in total. The summed E-state index contributed by atoms with van der Waals surface area (Å²) in [5.74, 6) is 0. The third-order valence-corrected chi connectivity index (χ3v) is 19.6. The summed E-state index contributed by atoms with van der Waals surface area (Å²) in [6, 6.07) is 57.2.